The minimum absolute atomic E-state index is 0.0834. The predicted octanol–water partition coefficient (Wildman–Crippen LogP) is -0.405. The number of aliphatic carboxylic acids is 1. The van der Waals surface area contributed by atoms with Gasteiger partial charge in [-0.15, -0.1) is 0 Å². The van der Waals surface area contributed by atoms with Crippen molar-refractivity contribution in [1.82, 2.24) is 16.0 Å². The van der Waals surface area contributed by atoms with Gasteiger partial charge in [0.1, 0.15) is 18.1 Å². The molecule has 0 aromatic heterocycles. The molecule has 150 valence electrons. The molecule has 0 bridgehead atoms. The second kappa shape index (κ2) is 10.7. The fraction of sp³-hybridized carbons (Fsp3) is 0.765. The van der Waals surface area contributed by atoms with Gasteiger partial charge in [-0.3, -0.25) is 19.2 Å². The molecule has 4 unspecified atom stereocenters. The monoisotopic (exact) mass is 372 g/mol. The zero-order chi connectivity index (χ0) is 20.6. The van der Waals surface area contributed by atoms with Crippen LogP contribution in [0.3, 0.4) is 0 Å². The van der Waals surface area contributed by atoms with E-state index in [2.05, 4.69) is 16.0 Å². The van der Waals surface area contributed by atoms with Crippen LogP contribution in [0.25, 0.3) is 0 Å². The van der Waals surface area contributed by atoms with Crippen LogP contribution >= 0.6 is 0 Å². The third-order valence-electron chi connectivity index (χ3n) is 3.84. The Morgan fingerprint density at radius 1 is 0.808 bits per heavy atom. The topological polar surface area (TPSA) is 151 Å². The molecule has 0 saturated carbocycles. The van der Waals surface area contributed by atoms with E-state index in [1.807, 2.05) is 13.8 Å². The summed E-state index contributed by atoms with van der Waals surface area (Å²) in [5, 5.41) is 16.2. The minimum atomic E-state index is -1.18. The molecule has 6 N–H and O–H groups in total. The Morgan fingerprint density at radius 3 is 1.73 bits per heavy atom. The van der Waals surface area contributed by atoms with Crippen LogP contribution in [0.15, 0.2) is 0 Å². The van der Waals surface area contributed by atoms with Gasteiger partial charge in [-0.2, -0.15) is 0 Å². The second-order valence-corrected chi connectivity index (χ2v) is 7.26. The van der Waals surface area contributed by atoms with E-state index in [0.717, 1.165) is 0 Å². The van der Waals surface area contributed by atoms with Crippen molar-refractivity contribution < 1.29 is 24.3 Å². The van der Waals surface area contributed by atoms with E-state index < -0.39 is 47.9 Å². The molecule has 0 spiro atoms. The molecule has 0 radical (unpaired) electrons. The van der Waals surface area contributed by atoms with E-state index >= 15 is 0 Å². The molecule has 26 heavy (non-hydrogen) atoms. The Labute approximate surface area is 154 Å². The maximum atomic E-state index is 12.5. The van der Waals surface area contributed by atoms with Gasteiger partial charge >= 0.3 is 5.97 Å². The van der Waals surface area contributed by atoms with Crippen molar-refractivity contribution in [2.24, 2.45) is 17.6 Å². The summed E-state index contributed by atoms with van der Waals surface area (Å²) in [4.78, 5) is 47.4. The van der Waals surface area contributed by atoms with Crippen molar-refractivity contribution in [3.63, 3.8) is 0 Å². The fourth-order valence-electron chi connectivity index (χ4n) is 2.05. The molecule has 0 rings (SSSR count). The van der Waals surface area contributed by atoms with Gasteiger partial charge in [0.05, 0.1) is 6.04 Å². The smallest absolute Gasteiger partial charge is 0.325 e. The minimum Gasteiger partial charge on any atom is -0.480 e. The Hall–Kier alpha value is -2.16. The summed E-state index contributed by atoms with van der Waals surface area (Å²) < 4.78 is 0. The fourth-order valence-corrected chi connectivity index (χ4v) is 2.05. The molecule has 3 amide bonds. The quantitative estimate of drug-likeness (QED) is 0.352. The third-order valence-corrected chi connectivity index (χ3v) is 3.84. The van der Waals surface area contributed by atoms with Crippen molar-refractivity contribution in [3.8, 4) is 0 Å². The number of hydrogen-bond acceptors (Lipinski definition) is 5. The SMILES string of the molecule is CC(C)CC(NC(=O)C(N)C(C)C)C(=O)NC(C)C(=O)NC(C)C(=O)O. The van der Waals surface area contributed by atoms with Gasteiger partial charge in [0.15, 0.2) is 0 Å². The summed E-state index contributed by atoms with van der Waals surface area (Å²) in [6.07, 6.45) is 0.377. The van der Waals surface area contributed by atoms with Crippen LogP contribution in [0, 0.1) is 11.8 Å². The van der Waals surface area contributed by atoms with Gasteiger partial charge in [0.2, 0.25) is 17.7 Å². The lowest BCUT2D eigenvalue weighted by atomic mass is 10.0. The lowest BCUT2D eigenvalue weighted by Crippen LogP contribution is -2.56. The van der Waals surface area contributed by atoms with Gasteiger partial charge < -0.3 is 26.8 Å². The number of carbonyl (C=O) groups is 4. The summed E-state index contributed by atoms with van der Waals surface area (Å²) in [7, 11) is 0. The van der Waals surface area contributed by atoms with Gasteiger partial charge in [-0.1, -0.05) is 27.7 Å². The zero-order valence-electron chi connectivity index (χ0n) is 16.3. The van der Waals surface area contributed by atoms with Gasteiger partial charge in [-0.05, 0) is 32.1 Å². The lowest BCUT2D eigenvalue weighted by molar-refractivity contribution is -0.141. The number of carboxylic acids is 1. The molecule has 0 aromatic carbocycles. The maximum Gasteiger partial charge on any atom is 0.325 e. The number of carbonyl (C=O) groups excluding carboxylic acids is 3. The first-order chi connectivity index (χ1) is 11.9. The highest BCUT2D eigenvalue weighted by Crippen LogP contribution is 2.07. The highest BCUT2D eigenvalue weighted by atomic mass is 16.4. The number of nitrogens with one attached hydrogen (secondary N) is 3. The number of carboxylic acid groups (broad SMARTS) is 1. The van der Waals surface area contributed by atoms with Gasteiger partial charge in [0.25, 0.3) is 0 Å². The van der Waals surface area contributed by atoms with Crippen LogP contribution in [0.2, 0.25) is 0 Å². The highest BCUT2D eigenvalue weighted by molar-refractivity contribution is 5.93. The summed E-state index contributed by atoms with van der Waals surface area (Å²) in [5.41, 5.74) is 5.81. The van der Waals surface area contributed by atoms with Crippen molar-refractivity contribution in [2.75, 3.05) is 0 Å². The molecule has 4 atom stereocenters. The molecule has 0 saturated heterocycles. The predicted molar refractivity (Wildman–Crippen MR) is 97.0 cm³/mol. The molecular weight excluding hydrogens is 340 g/mol. The van der Waals surface area contributed by atoms with E-state index in [0.29, 0.717) is 6.42 Å². The van der Waals surface area contributed by atoms with E-state index in [-0.39, 0.29) is 11.8 Å². The zero-order valence-corrected chi connectivity index (χ0v) is 16.3. The Morgan fingerprint density at radius 2 is 1.31 bits per heavy atom. The van der Waals surface area contributed by atoms with Crippen LogP contribution < -0.4 is 21.7 Å². The Kier molecular flexibility index (Phi) is 9.85. The van der Waals surface area contributed by atoms with Crippen molar-refractivity contribution in [2.45, 2.75) is 72.1 Å². The molecular formula is C17H32N4O5. The van der Waals surface area contributed by atoms with Gasteiger partial charge in [-0.25, -0.2) is 0 Å². The summed E-state index contributed by atoms with van der Waals surface area (Å²) in [6.45, 7) is 10.2. The molecule has 9 heteroatoms. The average Bonchev–Trinajstić information content (AvgIpc) is 2.52. The van der Waals surface area contributed by atoms with E-state index in [9.17, 15) is 19.2 Å². The number of amides is 3. The van der Waals surface area contributed by atoms with Crippen LogP contribution in [0.1, 0.15) is 48.0 Å². The van der Waals surface area contributed by atoms with Crippen LogP contribution in [0.4, 0.5) is 0 Å². The van der Waals surface area contributed by atoms with Crippen LogP contribution in [-0.4, -0.2) is 53.0 Å². The molecule has 0 aliphatic carbocycles. The van der Waals surface area contributed by atoms with Crippen LogP contribution in [-0.2, 0) is 19.2 Å². The van der Waals surface area contributed by atoms with E-state index in [1.165, 1.54) is 13.8 Å². The first-order valence-electron chi connectivity index (χ1n) is 8.76. The Balaban J connectivity index is 4.94. The molecule has 0 aliphatic heterocycles. The molecule has 0 aromatic rings. The first kappa shape index (κ1) is 23.8. The standard InChI is InChI=1S/C17H32N4O5/c1-8(2)7-12(21-16(24)13(18)9(3)4)15(23)19-10(5)14(22)20-11(6)17(25)26/h8-13H,7,18H2,1-6H3,(H,19,23)(H,20,22)(H,21,24)(H,25,26). The first-order valence-corrected chi connectivity index (χ1v) is 8.76. The molecule has 0 aliphatic rings. The summed E-state index contributed by atoms with van der Waals surface area (Å²) in [5.74, 6) is -2.71. The van der Waals surface area contributed by atoms with Crippen molar-refractivity contribution in [3.05, 3.63) is 0 Å². The molecule has 0 fully saturated rings. The summed E-state index contributed by atoms with van der Waals surface area (Å²) in [6, 6.07) is -3.60. The average molecular weight is 372 g/mol. The summed E-state index contributed by atoms with van der Waals surface area (Å²) >= 11 is 0. The van der Waals surface area contributed by atoms with E-state index in [1.54, 1.807) is 13.8 Å². The Bertz CT molecular complexity index is 521. The second-order valence-electron chi connectivity index (χ2n) is 7.26. The highest BCUT2D eigenvalue weighted by Gasteiger charge is 2.28. The van der Waals surface area contributed by atoms with Crippen molar-refractivity contribution in [1.29, 1.82) is 0 Å². The maximum absolute atomic E-state index is 12.5. The van der Waals surface area contributed by atoms with Crippen LogP contribution in [0.5, 0.6) is 0 Å². The van der Waals surface area contributed by atoms with Gasteiger partial charge in [0, 0.05) is 0 Å². The number of nitrogens with two attached hydrogens (primary N) is 1. The normalized spacial score (nSPS) is 15.7. The third kappa shape index (κ3) is 8.28. The largest absolute Gasteiger partial charge is 0.480 e. The number of hydrogen-bond donors (Lipinski definition) is 5. The lowest BCUT2D eigenvalue weighted by Gasteiger charge is -2.25. The van der Waals surface area contributed by atoms with Crippen molar-refractivity contribution >= 4 is 23.7 Å². The molecule has 9 nitrogen and oxygen atoms in total. The van der Waals surface area contributed by atoms with E-state index in [4.69, 9.17) is 10.8 Å². The number of rotatable bonds is 10. The molecule has 0 heterocycles.